The second kappa shape index (κ2) is 4.13. The number of hydrogen-bond acceptors (Lipinski definition) is 3. The average Bonchev–Trinajstić information content (AvgIpc) is 2.77. The molecule has 0 unspecified atom stereocenters. The first kappa shape index (κ1) is 11.8. The van der Waals surface area contributed by atoms with Gasteiger partial charge in [0.2, 0.25) is 5.88 Å². The molecule has 0 saturated carbocycles. The Bertz CT molecular complexity index is 889. The highest BCUT2D eigenvalue weighted by atomic mass is 35.5. The van der Waals surface area contributed by atoms with E-state index in [1.807, 2.05) is 13.0 Å². The first-order valence-electron chi connectivity index (χ1n) is 5.58. The van der Waals surface area contributed by atoms with Gasteiger partial charge in [-0.3, -0.25) is 4.79 Å². The summed E-state index contributed by atoms with van der Waals surface area (Å²) in [5.41, 5.74) is 0.427. The Balaban J connectivity index is 2.43. The molecule has 3 rings (SSSR count). The van der Waals surface area contributed by atoms with Crippen molar-refractivity contribution in [1.82, 2.24) is 9.55 Å². The standard InChI is InChI=1S/C13H9ClN2O3/c1-7-2-3-9-8(6-7)12(17)16(13(18)15-9)11-5-4-10(14)19-11/h2-6H,1H3,(H,15,18). The van der Waals surface area contributed by atoms with Crippen molar-refractivity contribution in [2.45, 2.75) is 6.92 Å². The van der Waals surface area contributed by atoms with Crippen LogP contribution in [0.3, 0.4) is 0 Å². The first-order valence-corrected chi connectivity index (χ1v) is 5.95. The first-order chi connectivity index (χ1) is 9.06. The molecule has 0 amide bonds. The van der Waals surface area contributed by atoms with Crippen LogP contribution in [-0.2, 0) is 0 Å². The molecule has 19 heavy (non-hydrogen) atoms. The number of rotatable bonds is 1. The number of halogens is 1. The Hall–Kier alpha value is -2.27. The molecule has 5 nitrogen and oxygen atoms in total. The lowest BCUT2D eigenvalue weighted by Crippen LogP contribution is -2.33. The summed E-state index contributed by atoms with van der Waals surface area (Å²) >= 11 is 5.66. The van der Waals surface area contributed by atoms with Gasteiger partial charge in [0.25, 0.3) is 5.56 Å². The Morgan fingerprint density at radius 2 is 2.00 bits per heavy atom. The van der Waals surface area contributed by atoms with Gasteiger partial charge in [0.05, 0.1) is 10.9 Å². The molecule has 0 atom stereocenters. The highest BCUT2D eigenvalue weighted by Crippen LogP contribution is 2.15. The van der Waals surface area contributed by atoms with Crippen LogP contribution in [0.2, 0.25) is 5.22 Å². The molecule has 1 N–H and O–H groups in total. The van der Waals surface area contributed by atoms with E-state index in [2.05, 4.69) is 4.98 Å². The summed E-state index contributed by atoms with van der Waals surface area (Å²) in [4.78, 5) is 26.9. The molecule has 0 saturated heterocycles. The molecule has 0 radical (unpaired) electrons. The van der Waals surface area contributed by atoms with Crippen molar-refractivity contribution < 1.29 is 4.42 Å². The second-order valence-electron chi connectivity index (χ2n) is 4.20. The topological polar surface area (TPSA) is 68.0 Å². The minimum atomic E-state index is -0.563. The van der Waals surface area contributed by atoms with Gasteiger partial charge in [0.1, 0.15) is 0 Å². The van der Waals surface area contributed by atoms with Gasteiger partial charge < -0.3 is 9.40 Å². The normalized spacial score (nSPS) is 11.1. The predicted octanol–water partition coefficient (Wildman–Crippen LogP) is 2.23. The van der Waals surface area contributed by atoms with Crippen LogP contribution in [0, 0.1) is 6.92 Å². The number of aromatic nitrogens is 2. The van der Waals surface area contributed by atoms with Crippen LogP contribution in [0.4, 0.5) is 0 Å². The Labute approximate surface area is 112 Å². The van der Waals surface area contributed by atoms with E-state index in [-0.39, 0.29) is 11.1 Å². The molecule has 96 valence electrons. The SMILES string of the molecule is Cc1ccc2[nH]c(=O)n(-c3ccc(Cl)o3)c(=O)c2c1. The van der Waals surface area contributed by atoms with E-state index in [0.29, 0.717) is 10.9 Å². The Kier molecular flexibility index (Phi) is 2.57. The maximum Gasteiger partial charge on any atom is 0.335 e. The largest absolute Gasteiger partial charge is 0.428 e. The van der Waals surface area contributed by atoms with E-state index in [9.17, 15) is 9.59 Å². The lowest BCUT2D eigenvalue weighted by Gasteiger charge is -2.03. The summed E-state index contributed by atoms with van der Waals surface area (Å²) < 4.78 is 6.04. The van der Waals surface area contributed by atoms with E-state index in [1.165, 1.54) is 12.1 Å². The molecule has 0 spiro atoms. The summed E-state index contributed by atoms with van der Waals surface area (Å²) in [6, 6.07) is 8.19. The molecule has 2 aromatic heterocycles. The molecule has 6 heteroatoms. The fourth-order valence-electron chi connectivity index (χ4n) is 1.95. The van der Waals surface area contributed by atoms with Crippen LogP contribution in [0.5, 0.6) is 0 Å². The zero-order valence-corrected chi connectivity index (χ0v) is 10.7. The molecular formula is C13H9ClN2O3. The average molecular weight is 277 g/mol. The van der Waals surface area contributed by atoms with Gasteiger partial charge in [-0.05, 0) is 36.7 Å². The zero-order valence-electron chi connectivity index (χ0n) is 9.94. The van der Waals surface area contributed by atoms with Crippen molar-refractivity contribution in [2.24, 2.45) is 0 Å². The van der Waals surface area contributed by atoms with E-state index < -0.39 is 11.2 Å². The number of nitrogens with zero attached hydrogens (tertiary/aromatic N) is 1. The fourth-order valence-corrected chi connectivity index (χ4v) is 2.09. The van der Waals surface area contributed by atoms with Gasteiger partial charge >= 0.3 is 5.69 Å². The molecule has 0 bridgehead atoms. The number of fused-ring (bicyclic) bond motifs is 1. The maximum atomic E-state index is 12.4. The monoisotopic (exact) mass is 276 g/mol. The molecule has 0 aliphatic carbocycles. The third-order valence-corrected chi connectivity index (χ3v) is 3.04. The lowest BCUT2D eigenvalue weighted by molar-refractivity contribution is 0.529. The smallest absolute Gasteiger partial charge is 0.335 e. The van der Waals surface area contributed by atoms with Gasteiger partial charge in [-0.1, -0.05) is 11.6 Å². The van der Waals surface area contributed by atoms with E-state index in [1.54, 1.807) is 12.1 Å². The molecule has 0 aliphatic heterocycles. The van der Waals surface area contributed by atoms with Gasteiger partial charge in [0, 0.05) is 6.07 Å². The van der Waals surface area contributed by atoms with Crippen LogP contribution in [-0.4, -0.2) is 9.55 Å². The quantitative estimate of drug-likeness (QED) is 0.741. The van der Waals surface area contributed by atoms with Crippen LogP contribution in [0.15, 0.2) is 44.3 Å². The summed E-state index contributed by atoms with van der Waals surface area (Å²) in [5, 5.41) is 0.540. The van der Waals surface area contributed by atoms with Crippen molar-refractivity contribution in [1.29, 1.82) is 0 Å². The van der Waals surface area contributed by atoms with E-state index in [4.69, 9.17) is 16.0 Å². The van der Waals surface area contributed by atoms with Crippen LogP contribution in [0.25, 0.3) is 16.8 Å². The Morgan fingerprint density at radius 3 is 2.68 bits per heavy atom. The fraction of sp³-hybridized carbons (Fsp3) is 0.0769. The van der Waals surface area contributed by atoms with Gasteiger partial charge in [-0.15, -0.1) is 0 Å². The van der Waals surface area contributed by atoms with Crippen molar-refractivity contribution in [3.05, 3.63) is 62.0 Å². The third-order valence-electron chi connectivity index (χ3n) is 2.83. The molecule has 0 aliphatic rings. The highest BCUT2D eigenvalue weighted by molar-refractivity contribution is 6.28. The molecule has 0 fully saturated rings. The van der Waals surface area contributed by atoms with Crippen molar-refractivity contribution in [3.63, 3.8) is 0 Å². The van der Waals surface area contributed by atoms with Crippen LogP contribution in [0.1, 0.15) is 5.56 Å². The number of benzene rings is 1. The minimum absolute atomic E-state index is 0.0969. The van der Waals surface area contributed by atoms with Gasteiger partial charge in [-0.25, -0.2) is 4.79 Å². The van der Waals surface area contributed by atoms with Gasteiger partial charge in [-0.2, -0.15) is 4.57 Å². The number of aryl methyl sites for hydroxylation is 1. The summed E-state index contributed by atoms with van der Waals surface area (Å²) in [6.45, 7) is 1.87. The lowest BCUT2D eigenvalue weighted by atomic mass is 10.2. The molecule has 2 heterocycles. The van der Waals surface area contributed by atoms with Crippen molar-refractivity contribution in [2.75, 3.05) is 0 Å². The summed E-state index contributed by atoms with van der Waals surface area (Å²) in [6.07, 6.45) is 0. The highest BCUT2D eigenvalue weighted by Gasteiger charge is 2.12. The molecule has 3 aromatic rings. The molecular weight excluding hydrogens is 268 g/mol. The van der Waals surface area contributed by atoms with Crippen molar-refractivity contribution in [3.8, 4) is 5.88 Å². The number of hydrogen-bond donors (Lipinski definition) is 1. The van der Waals surface area contributed by atoms with Gasteiger partial charge in [0.15, 0.2) is 5.22 Å². The number of H-pyrrole nitrogens is 1. The van der Waals surface area contributed by atoms with Crippen LogP contribution >= 0.6 is 11.6 Å². The minimum Gasteiger partial charge on any atom is -0.428 e. The number of nitrogens with one attached hydrogen (secondary N) is 1. The van der Waals surface area contributed by atoms with Crippen molar-refractivity contribution >= 4 is 22.5 Å². The van der Waals surface area contributed by atoms with Crippen LogP contribution < -0.4 is 11.2 Å². The summed E-state index contributed by atoms with van der Waals surface area (Å²) in [7, 11) is 0. The zero-order chi connectivity index (χ0) is 13.6. The third kappa shape index (κ3) is 1.88. The predicted molar refractivity (Wildman–Crippen MR) is 72.2 cm³/mol. The number of furan rings is 1. The van der Waals surface area contributed by atoms with E-state index >= 15 is 0 Å². The summed E-state index contributed by atoms with van der Waals surface area (Å²) in [5.74, 6) is 0.0969. The molecule has 1 aromatic carbocycles. The Morgan fingerprint density at radius 1 is 1.21 bits per heavy atom. The second-order valence-corrected chi connectivity index (χ2v) is 4.57. The maximum absolute atomic E-state index is 12.4. The number of aromatic amines is 1. The van der Waals surface area contributed by atoms with E-state index in [0.717, 1.165) is 10.1 Å².